The molecule has 2 aromatic carbocycles. The van der Waals surface area contributed by atoms with Gasteiger partial charge >= 0.3 is 0 Å². The van der Waals surface area contributed by atoms with Gasteiger partial charge in [0, 0.05) is 11.6 Å². The third-order valence-corrected chi connectivity index (χ3v) is 5.02. The molecule has 1 saturated carbocycles. The molecule has 0 saturated heterocycles. The SMILES string of the molecule is N#Cc1ccc(NC(=O)CSc2nc(C3CC3)n(-c3ccccc3)n2)cc1. The number of nitriles is 1. The maximum absolute atomic E-state index is 12.2. The second kappa shape index (κ2) is 7.64. The number of benzene rings is 2. The van der Waals surface area contributed by atoms with Crippen molar-refractivity contribution in [2.75, 3.05) is 11.1 Å². The number of nitrogens with zero attached hydrogens (tertiary/aromatic N) is 4. The Morgan fingerprint density at radius 3 is 2.59 bits per heavy atom. The third-order valence-electron chi connectivity index (χ3n) is 4.19. The van der Waals surface area contributed by atoms with Crippen LogP contribution in [0.1, 0.15) is 30.1 Å². The highest BCUT2D eigenvalue weighted by atomic mass is 32.2. The maximum atomic E-state index is 12.2. The highest BCUT2D eigenvalue weighted by Crippen LogP contribution is 2.40. The van der Waals surface area contributed by atoms with Crippen LogP contribution in [0, 0.1) is 11.3 Å². The topological polar surface area (TPSA) is 83.6 Å². The largest absolute Gasteiger partial charge is 0.325 e. The van der Waals surface area contributed by atoms with Crippen LogP contribution in [0.3, 0.4) is 0 Å². The minimum atomic E-state index is -0.131. The molecule has 0 spiro atoms. The number of hydrogen-bond donors (Lipinski definition) is 1. The molecule has 134 valence electrons. The molecule has 1 fully saturated rings. The smallest absolute Gasteiger partial charge is 0.234 e. The Kier molecular flexibility index (Phi) is 4.90. The lowest BCUT2D eigenvalue weighted by atomic mass is 10.2. The fourth-order valence-corrected chi connectivity index (χ4v) is 3.32. The molecule has 0 unspecified atom stereocenters. The van der Waals surface area contributed by atoms with Crippen molar-refractivity contribution < 1.29 is 4.79 Å². The fraction of sp³-hybridized carbons (Fsp3) is 0.200. The second-order valence-corrected chi connectivity index (χ2v) is 7.24. The van der Waals surface area contributed by atoms with Crippen molar-refractivity contribution in [1.29, 1.82) is 5.26 Å². The summed E-state index contributed by atoms with van der Waals surface area (Å²) in [7, 11) is 0. The summed E-state index contributed by atoms with van der Waals surface area (Å²) >= 11 is 1.32. The zero-order chi connectivity index (χ0) is 18.6. The van der Waals surface area contributed by atoms with E-state index in [4.69, 9.17) is 5.26 Å². The van der Waals surface area contributed by atoms with Gasteiger partial charge in [-0.1, -0.05) is 30.0 Å². The van der Waals surface area contributed by atoms with Crippen molar-refractivity contribution in [3.8, 4) is 11.8 Å². The zero-order valence-corrected chi connectivity index (χ0v) is 15.3. The van der Waals surface area contributed by atoms with E-state index < -0.39 is 0 Å². The average molecular weight is 375 g/mol. The molecule has 3 aromatic rings. The molecule has 6 nitrogen and oxygen atoms in total. The van der Waals surface area contributed by atoms with E-state index in [0.717, 1.165) is 24.4 Å². The summed E-state index contributed by atoms with van der Waals surface area (Å²) in [5, 5.41) is 16.8. The van der Waals surface area contributed by atoms with E-state index in [-0.39, 0.29) is 11.7 Å². The summed E-state index contributed by atoms with van der Waals surface area (Å²) in [6.45, 7) is 0. The minimum absolute atomic E-state index is 0.131. The Labute approximate surface area is 161 Å². The van der Waals surface area contributed by atoms with Crippen molar-refractivity contribution in [3.05, 3.63) is 66.0 Å². The molecule has 4 rings (SSSR count). The number of thioether (sulfide) groups is 1. The Balaban J connectivity index is 1.42. The summed E-state index contributed by atoms with van der Waals surface area (Å²) in [6, 6.07) is 18.8. The molecule has 0 bridgehead atoms. The van der Waals surface area contributed by atoms with E-state index in [0.29, 0.717) is 22.3 Å². The summed E-state index contributed by atoms with van der Waals surface area (Å²) in [5.74, 6) is 1.52. The van der Waals surface area contributed by atoms with Crippen molar-refractivity contribution in [3.63, 3.8) is 0 Å². The summed E-state index contributed by atoms with van der Waals surface area (Å²) in [5.41, 5.74) is 2.22. The monoisotopic (exact) mass is 375 g/mol. The predicted octanol–water partition coefficient (Wildman–Crippen LogP) is 3.75. The normalized spacial score (nSPS) is 13.1. The molecule has 27 heavy (non-hydrogen) atoms. The van der Waals surface area contributed by atoms with Gasteiger partial charge in [-0.3, -0.25) is 4.79 Å². The fourth-order valence-electron chi connectivity index (χ4n) is 2.69. The molecule has 1 amide bonds. The van der Waals surface area contributed by atoms with Crippen LogP contribution < -0.4 is 5.32 Å². The first-order valence-electron chi connectivity index (χ1n) is 8.68. The first-order valence-corrected chi connectivity index (χ1v) is 9.66. The quantitative estimate of drug-likeness (QED) is 0.664. The van der Waals surface area contributed by atoms with Crippen LogP contribution in [0.15, 0.2) is 59.8 Å². The van der Waals surface area contributed by atoms with Crippen molar-refractivity contribution >= 4 is 23.4 Å². The molecular weight excluding hydrogens is 358 g/mol. The molecule has 1 heterocycles. The van der Waals surface area contributed by atoms with Crippen LogP contribution in [0.5, 0.6) is 0 Å². The predicted molar refractivity (Wildman–Crippen MR) is 104 cm³/mol. The minimum Gasteiger partial charge on any atom is -0.325 e. The van der Waals surface area contributed by atoms with Gasteiger partial charge in [0.25, 0.3) is 0 Å². The molecule has 1 N–H and O–H groups in total. The van der Waals surface area contributed by atoms with Gasteiger partial charge in [0.15, 0.2) is 0 Å². The van der Waals surface area contributed by atoms with Crippen molar-refractivity contribution in [2.24, 2.45) is 0 Å². The number of para-hydroxylation sites is 1. The van der Waals surface area contributed by atoms with E-state index in [1.54, 1.807) is 24.3 Å². The number of nitrogens with one attached hydrogen (secondary N) is 1. The first kappa shape index (κ1) is 17.3. The van der Waals surface area contributed by atoms with Gasteiger partial charge in [-0.2, -0.15) is 5.26 Å². The Morgan fingerprint density at radius 1 is 1.19 bits per heavy atom. The van der Waals surface area contributed by atoms with Crippen LogP contribution in [-0.4, -0.2) is 26.4 Å². The lowest BCUT2D eigenvalue weighted by Gasteiger charge is -2.04. The summed E-state index contributed by atoms with van der Waals surface area (Å²) in [6.07, 6.45) is 2.27. The maximum Gasteiger partial charge on any atom is 0.234 e. The molecule has 1 aromatic heterocycles. The standard InChI is InChI=1S/C20H17N5OS/c21-12-14-6-10-16(11-7-14)22-18(26)13-27-20-23-19(15-8-9-15)25(24-20)17-4-2-1-3-5-17/h1-7,10-11,15H,8-9,13H2,(H,22,26). The van der Waals surface area contributed by atoms with E-state index in [1.165, 1.54) is 11.8 Å². The first-order chi connectivity index (χ1) is 13.2. The zero-order valence-electron chi connectivity index (χ0n) is 14.5. The lowest BCUT2D eigenvalue weighted by Crippen LogP contribution is -2.14. The lowest BCUT2D eigenvalue weighted by molar-refractivity contribution is -0.113. The number of hydrogen-bond acceptors (Lipinski definition) is 5. The van der Waals surface area contributed by atoms with Crippen LogP contribution in [0.2, 0.25) is 0 Å². The molecule has 0 aliphatic heterocycles. The number of carbonyl (C=O) groups is 1. The van der Waals surface area contributed by atoms with Crippen LogP contribution in [0.25, 0.3) is 5.69 Å². The molecular formula is C20H17N5OS. The average Bonchev–Trinajstić information content (AvgIpc) is 3.47. The Morgan fingerprint density at radius 2 is 1.93 bits per heavy atom. The van der Waals surface area contributed by atoms with Crippen LogP contribution in [0.4, 0.5) is 5.69 Å². The number of aromatic nitrogens is 3. The highest BCUT2D eigenvalue weighted by molar-refractivity contribution is 7.99. The molecule has 1 aliphatic carbocycles. The van der Waals surface area contributed by atoms with Gasteiger partial charge < -0.3 is 5.32 Å². The molecule has 0 radical (unpaired) electrons. The number of amides is 1. The summed E-state index contributed by atoms with van der Waals surface area (Å²) in [4.78, 5) is 16.8. The second-order valence-electron chi connectivity index (χ2n) is 6.30. The van der Waals surface area contributed by atoms with E-state index in [2.05, 4.69) is 21.5 Å². The van der Waals surface area contributed by atoms with E-state index in [9.17, 15) is 4.79 Å². The molecule has 0 atom stereocenters. The van der Waals surface area contributed by atoms with Gasteiger partial charge in [-0.15, -0.1) is 5.10 Å². The van der Waals surface area contributed by atoms with Crippen molar-refractivity contribution in [2.45, 2.75) is 23.9 Å². The van der Waals surface area contributed by atoms with Gasteiger partial charge in [0.2, 0.25) is 11.1 Å². The van der Waals surface area contributed by atoms with Gasteiger partial charge in [-0.25, -0.2) is 9.67 Å². The van der Waals surface area contributed by atoms with Crippen molar-refractivity contribution in [1.82, 2.24) is 14.8 Å². The van der Waals surface area contributed by atoms with E-state index in [1.807, 2.05) is 35.0 Å². The van der Waals surface area contributed by atoms with Crippen LogP contribution >= 0.6 is 11.8 Å². The summed E-state index contributed by atoms with van der Waals surface area (Å²) < 4.78 is 1.89. The van der Waals surface area contributed by atoms with Gasteiger partial charge in [-0.05, 0) is 49.2 Å². The van der Waals surface area contributed by atoms with Gasteiger partial charge in [0.1, 0.15) is 5.82 Å². The number of rotatable bonds is 6. The van der Waals surface area contributed by atoms with Gasteiger partial charge in [0.05, 0.1) is 23.1 Å². The third kappa shape index (κ3) is 4.18. The number of carbonyl (C=O) groups excluding carboxylic acids is 1. The highest BCUT2D eigenvalue weighted by Gasteiger charge is 2.30. The van der Waals surface area contributed by atoms with Crippen LogP contribution in [-0.2, 0) is 4.79 Å². The van der Waals surface area contributed by atoms with E-state index >= 15 is 0 Å². The number of anilines is 1. The Bertz CT molecular complexity index is 987. The Hall–Kier alpha value is -3.11. The molecule has 1 aliphatic rings. The molecule has 7 heteroatoms.